The highest BCUT2D eigenvalue weighted by molar-refractivity contribution is 4.89. The van der Waals surface area contributed by atoms with Gasteiger partial charge in [0.25, 0.3) is 0 Å². The van der Waals surface area contributed by atoms with Gasteiger partial charge in [-0.05, 0) is 37.5 Å². The van der Waals surface area contributed by atoms with E-state index in [1.165, 1.54) is 11.8 Å². The van der Waals surface area contributed by atoms with Gasteiger partial charge in [0.2, 0.25) is 0 Å². The van der Waals surface area contributed by atoms with Gasteiger partial charge in [-0.2, -0.15) is 0 Å². The van der Waals surface area contributed by atoms with Crippen molar-refractivity contribution in [1.82, 2.24) is 6.15 Å². The first-order valence-electron chi connectivity index (χ1n) is 2.97. The zero-order valence-corrected chi connectivity index (χ0v) is 4.69. The monoisotopic (exact) mass is 115 g/mol. The molecule has 1 nitrogen and oxygen atoms in total. The molecule has 0 radical (unpaired) electrons. The molecule has 2 fully saturated rings. The molecule has 2 aliphatic carbocycles. The molecule has 8 heavy (non-hydrogen) atoms. The number of hydrogen-bond acceptors (Lipinski definition) is 1. The van der Waals surface area contributed by atoms with Crippen molar-refractivity contribution in [3.05, 3.63) is 0 Å². The first-order chi connectivity index (χ1) is 2.97. The summed E-state index contributed by atoms with van der Waals surface area (Å²) in [6.45, 7) is 0. The van der Waals surface area contributed by atoms with Crippen molar-refractivity contribution in [2.75, 3.05) is 0 Å². The fourth-order valence-electron chi connectivity index (χ4n) is 1.56. The van der Waals surface area contributed by atoms with E-state index >= 15 is 0 Å². The Hall–Kier alpha value is -0.0400. The van der Waals surface area contributed by atoms with Gasteiger partial charge < -0.3 is 6.15 Å². The minimum Gasteiger partial charge on any atom is -0.344 e. The third kappa shape index (κ3) is 0.752. The van der Waals surface area contributed by atoms with Crippen LogP contribution in [0.15, 0.2) is 0 Å². The zero-order valence-electron chi connectivity index (χ0n) is 4.69. The largest absolute Gasteiger partial charge is 0.344 e. The van der Waals surface area contributed by atoms with Crippen LogP contribution in [0.25, 0.3) is 0 Å². The fraction of sp³-hybridized carbons (Fsp3) is 1.00. The zero-order chi connectivity index (χ0) is 3.98. The van der Waals surface area contributed by atoms with E-state index in [0.29, 0.717) is 0 Å². The van der Waals surface area contributed by atoms with Crippen molar-refractivity contribution in [2.45, 2.75) is 33.1 Å². The molecular weight excluding hydrogens is 98.1 g/mol. The maximum absolute atomic E-state index is 1.56. The molecule has 2 aliphatic rings. The van der Waals surface area contributed by atoms with Gasteiger partial charge in [-0.1, -0.05) is 7.43 Å². The first-order valence-corrected chi connectivity index (χ1v) is 2.97. The van der Waals surface area contributed by atoms with Crippen molar-refractivity contribution in [1.29, 1.82) is 0 Å². The van der Waals surface area contributed by atoms with Crippen LogP contribution in [0, 0.1) is 11.8 Å². The summed E-state index contributed by atoms with van der Waals surface area (Å²) in [6.07, 6.45) is 6.24. The van der Waals surface area contributed by atoms with Gasteiger partial charge in [0.1, 0.15) is 0 Å². The molecule has 0 saturated heterocycles. The van der Waals surface area contributed by atoms with Gasteiger partial charge >= 0.3 is 0 Å². The summed E-state index contributed by atoms with van der Waals surface area (Å²) >= 11 is 0. The van der Waals surface area contributed by atoms with Crippen molar-refractivity contribution < 1.29 is 0 Å². The third-order valence-electron chi connectivity index (χ3n) is 2.48. The lowest BCUT2D eigenvalue weighted by molar-refractivity contribution is 0.0548. The second-order valence-electron chi connectivity index (χ2n) is 2.67. The summed E-state index contributed by atoms with van der Waals surface area (Å²) < 4.78 is 0. The smallest absolute Gasteiger partial charge is 0.0386 e. The van der Waals surface area contributed by atoms with Gasteiger partial charge in [-0.3, -0.25) is 0 Å². The van der Waals surface area contributed by atoms with E-state index in [1.54, 1.807) is 25.7 Å². The second-order valence-corrected chi connectivity index (χ2v) is 2.67. The van der Waals surface area contributed by atoms with E-state index in [1.807, 2.05) is 0 Å². The molecule has 0 aromatic heterocycles. The molecule has 2 rings (SSSR count). The molecule has 0 unspecified atom stereocenters. The summed E-state index contributed by atoms with van der Waals surface area (Å²) in [5.74, 6) is 2.43. The molecule has 0 aromatic carbocycles. The summed E-state index contributed by atoms with van der Waals surface area (Å²) in [5.41, 5.74) is 0. The van der Waals surface area contributed by atoms with Crippen LogP contribution in [0.1, 0.15) is 33.1 Å². The quantitative estimate of drug-likeness (QED) is 0.517. The Morgan fingerprint density at radius 2 is 1.00 bits per heavy atom. The molecule has 0 aliphatic heterocycles. The Morgan fingerprint density at radius 3 is 1.00 bits per heavy atom. The highest BCUT2D eigenvalue weighted by Crippen LogP contribution is 2.49. The summed E-state index contributed by atoms with van der Waals surface area (Å²) in [7, 11) is 0. The summed E-state index contributed by atoms with van der Waals surface area (Å²) in [4.78, 5) is 0. The number of fused-ring (bicyclic) bond motifs is 1. The molecule has 0 atom stereocenters. The fourth-order valence-corrected chi connectivity index (χ4v) is 1.56. The standard InChI is InChI=1S/C6H10.CH4.H3N/c1-2-6-4-3-5(1)6;;/h5-6H,1-4H2;1H4;1H3. The Labute approximate surface area is 52.1 Å². The molecular formula is C7H17N. The topological polar surface area (TPSA) is 35.0 Å². The van der Waals surface area contributed by atoms with E-state index in [0.717, 1.165) is 0 Å². The molecule has 0 spiro atoms. The van der Waals surface area contributed by atoms with Crippen LogP contribution in [0.2, 0.25) is 0 Å². The van der Waals surface area contributed by atoms with Crippen molar-refractivity contribution in [3.8, 4) is 0 Å². The molecule has 0 aromatic rings. The van der Waals surface area contributed by atoms with Crippen LogP contribution >= 0.6 is 0 Å². The van der Waals surface area contributed by atoms with Crippen molar-refractivity contribution in [2.24, 2.45) is 11.8 Å². The van der Waals surface area contributed by atoms with E-state index in [2.05, 4.69) is 0 Å². The lowest BCUT2D eigenvalue weighted by atomic mass is 9.60. The van der Waals surface area contributed by atoms with Crippen LogP contribution in [0.3, 0.4) is 0 Å². The molecule has 50 valence electrons. The second kappa shape index (κ2) is 2.49. The van der Waals surface area contributed by atoms with Gasteiger partial charge in [0.15, 0.2) is 0 Å². The van der Waals surface area contributed by atoms with Crippen molar-refractivity contribution in [3.63, 3.8) is 0 Å². The maximum Gasteiger partial charge on any atom is -0.0386 e. The summed E-state index contributed by atoms with van der Waals surface area (Å²) in [6, 6.07) is 0. The van der Waals surface area contributed by atoms with Gasteiger partial charge in [-0.15, -0.1) is 0 Å². The SMILES string of the molecule is C.C1CC2CCC12.N. The molecule has 2 saturated carbocycles. The van der Waals surface area contributed by atoms with Crippen LogP contribution in [-0.2, 0) is 0 Å². The van der Waals surface area contributed by atoms with Crippen LogP contribution in [0.4, 0.5) is 0 Å². The van der Waals surface area contributed by atoms with Crippen LogP contribution < -0.4 is 6.15 Å². The lowest BCUT2D eigenvalue weighted by Crippen LogP contribution is -2.34. The predicted octanol–water partition coefficient (Wildman–Crippen LogP) is 2.60. The predicted molar refractivity (Wildman–Crippen MR) is 37.2 cm³/mol. The van der Waals surface area contributed by atoms with E-state index in [4.69, 9.17) is 0 Å². The molecule has 0 amide bonds. The van der Waals surface area contributed by atoms with Gasteiger partial charge in [-0.25, -0.2) is 0 Å². The number of hydrogen-bond donors (Lipinski definition) is 1. The third-order valence-corrected chi connectivity index (χ3v) is 2.48. The van der Waals surface area contributed by atoms with E-state index in [-0.39, 0.29) is 13.6 Å². The highest BCUT2D eigenvalue weighted by Gasteiger charge is 2.37. The number of rotatable bonds is 0. The Kier molecular flexibility index (Phi) is 2.48. The van der Waals surface area contributed by atoms with E-state index in [9.17, 15) is 0 Å². The molecule has 0 bridgehead atoms. The van der Waals surface area contributed by atoms with Crippen molar-refractivity contribution >= 4 is 0 Å². The summed E-state index contributed by atoms with van der Waals surface area (Å²) in [5, 5.41) is 0. The van der Waals surface area contributed by atoms with E-state index < -0.39 is 0 Å². The van der Waals surface area contributed by atoms with Crippen LogP contribution in [-0.4, -0.2) is 0 Å². The molecule has 1 heteroatoms. The Morgan fingerprint density at radius 1 is 0.750 bits per heavy atom. The van der Waals surface area contributed by atoms with Crippen LogP contribution in [0.5, 0.6) is 0 Å². The average Bonchev–Trinajstić information content (AvgIpc) is 1.54. The average molecular weight is 115 g/mol. The minimum absolute atomic E-state index is 0. The Bertz CT molecular complexity index is 52.8. The van der Waals surface area contributed by atoms with Gasteiger partial charge in [0, 0.05) is 0 Å². The molecule has 3 N–H and O–H groups in total. The maximum atomic E-state index is 1.56. The molecule has 0 heterocycles. The normalized spacial score (nSPS) is 39.0. The van der Waals surface area contributed by atoms with Gasteiger partial charge in [0.05, 0.1) is 0 Å². The Balaban J connectivity index is 0.000000245. The minimum atomic E-state index is 0. The highest BCUT2D eigenvalue weighted by atomic mass is 14.4. The first kappa shape index (κ1) is 7.96. The lowest BCUT2D eigenvalue weighted by Gasteiger charge is -2.46.